The molecule has 0 bridgehead atoms. The van der Waals surface area contributed by atoms with E-state index in [2.05, 4.69) is 0 Å². The molecule has 4 heteroatoms. The highest BCUT2D eigenvalue weighted by molar-refractivity contribution is 5.85. The van der Waals surface area contributed by atoms with Crippen LogP contribution in [-0.2, 0) is 14.3 Å². The first-order valence-electron chi connectivity index (χ1n) is 5.26. The molecule has 0 aromatic heterocycles. The topological polar surface area (TPSA) is 38.8 Å². The summed E-state index contributed by atoms with van der Waals surface area (Å²) in [5.74, 6) is 0.0262. The third-order valence-corrected chi connectivity index (χ3v) is 2.92. The molecule has 0 spiro atoms. The van der Waals surface area contributed by atoms with Gasteiger partial charge in [-0.05, 0) is 27.7 Å². The molecule has 1 saturated heterocycles. The van der Waals surface area contributed by atoms with Gasteiger partial charge in [0.25, 0.3) is 5.91 Å². The van der Waals surface area contributed by atoms with E-state index in [0.29, 0.717) is 19.8 Å². The Morgan fingerprint density at radius 1 is 1.47 bits per heavy atom. The lowest BCUT2D eigenvalue weighted by molar-refractivity contribution is -0.165. The number of ether oxygens (including phenoxy) is 2. The predicted molar refractivity (Wildman–Crippen MR) is 57.7 cm³/mol. The second kappa shape index (κ2) is 4.10. The lowest BCUT2D eigenvalue weighted by Gasteiger charge is -2.44. The molecule has 1 aliphatic heterocycles. The quantitative estimate of drug-likeness (QED) is 0.691. The lowest BCUT2D eigenvalue weighted by Crippen LogP contribution is -2.60. The fraction of sp³-hybridized carbons (Fsp3) is 0.909. The van der Waals surface area contributed by atoms with Gasteiger partial charge < -0.3 is 14.4 Å². The molecule has 0 aromatic carbocycles. The largest absolute Gasteiger partial charge is 0.377 e. The maximum absolute atomic E-state index is 12.2. The van der Waals surface area contributed by atoms with Gasteiger partial charge in [0.2, 0.25) is 0 Å². The Kier molecular flexibility index (Phi) is 3.41. The molecule has 1 aliphatic rings. The number of hydrogen-bond acceptors (Lipinski definition) is 3. The summed E-state index contributed by atoms with van der Waals surface area (Å²) < 4.78 is 10.6. The van der Waals surface area contributed by atoms with E-state index in [1.165, 1.54) is 0 Å². The molecule has 0 aliphatic carbocycles. The standard InChI is InChI=1S/C11H21NO3/c1-10(2)8-15-7-6-12(10)9(13)11(3,4)14-5/h6-8H2,1-5H3. The highest BCUT2D eigenvalue weighted by Gasteiger charge is 2.40. The number of methoxy groups -OCH3 is 1. The van der Waals surface area contributed by atoms with Crippen LogP contribution in [0.25, 0.3) is 0 Å². The monoisotopic (exact) mass is 215 g/mol. The molecule has 88 valence electrons. The van der Waals surface area contributed by atoms with E-state index >= 15 is 0 Å². The predicted octanol–water partition coefficient (Wildman–Crippen LogP) is 1.05. The summed E-state index contributed by atoms with van der Waals surface area (Å²) in [4.78, 5) is 14.1. The van der Waals surface area contributed by atoms with Crippen molar-refractivity contribution in [3.8, 4) is 0 Å². The Bertz CT molecular complexity index is 248. The first-order valence-corrected chi connectivity index (χ1v) is 5.26. The maximum Gasteiger partial charge on any atom is 0.254 e. The van der Waals surface area contributed by atoms with Gasteiger partial charge in [0.15, 0.2) is 0 Å². The molecule has 1 rings (SSSR count). The molecule has 0 N–H and O–H groups in total. The van der Waals surface area contributed by atoms with E-state index < -0.39 is 5.60 Å². The molecule has 0 unspecified atom stereocenters. The zero-order valence-corrected chi connectivity index (χ0v) is 10.3. The summed E-state index contributed by atoms with van der Waals surface area (Å²) in [7, 11) is 1.56. The van der Waals surface area contributed by atoms with E-state index in [0.717, 1.165) is 0 Å². The fourth-order valence-electron chi connectivity index (χ4n) is 1.65. The van der Waals surface area contributed by atoms with Gasteiger partial charge in [-0.1, -0.05) is 0 Å². The Morgan fingerprint density at radius 2 is 2.07 bits per heavy atom. The minimum atomic E-state index is -0.755. The van der Waals surface area contributed by atoms with Crippen LogP contribution >= 0.6 is 0 Å². The summed E-state index contributed by atoms with van der Waals surface area (Å²) in [6.45, 7) is 9.43. The Hall–Kier alpha value is -0.610. The van der Waals surface area contributed by atoms with Crippen molar-refractivity contribution >= 4 is 5.91 Å². The van der Waals surface area contributed by atoms with Crippen molar-refractivity contribution in [2.45, 2.75) is 38.8 Å². The van der Waals surface area contributed by atoms with Crippen LogP contribution in [0.1, 0.15) is 27.7 Å². The van der Waals surface area contributed by atoms with E-state index in [4.69, 9.17) is 9.47 Å². The van der Waals surface area contributed by atoms with Gasteiger partial charge in [-0.3, -0.25) is 4.79 Å². The zero-order valence-electron chi connectivity index (χ0n) is 10.3. The Morgan fingerprint density at radius 3 is 2.53 bits per heavy atom. The van der Waals surface area contributed by atoms with Gasteiger partial charge in [-0.25, -0.2) is 0 Å². The molecule has 4 nitrogen and oxygen atoms in total. The molecular formula is C11H21NO3. The molecule has 1 amide bonds. The highest BCUT2D eigenvalue weighted by atomic mass is 16.5. The number of morpholine rings is 1. The molecule has 0 atom stereocenters. The van der Waals surface area contributed by atoms with Crippen LogP contribution in [0, 0.1) is 0 Å². The van der Waals surface area contributed by atoms with E-state index in [1.54, 1.807) is 21.0 Å². The maximum atomic E-state index is 12.2. The van der Waals surface area contributed by atoms with Crippen LogP contribution in [0.5, 0.6) is 0 Å². The number of carbonyl (C=O) groups is 1. The Balaban J connectivity index is 2.82. The number of carbonyl (C=O) groups excluding carboxylic acids is 1. The molecule has 0 radical (unpaired) electrons. The summed E-state index contributed by atoms with van der Waals surface area (Å²) in [5, 5.41) is 0. The van der Waals surface area contributed by atoms with E-state index in [1.807, 2.05) is 18.7 Å². The van der Waals surface area contributed by atoms with Crippen LogP contribution in [0.2, 0.25) is 0 Å². The second-order valence-electron chi connectivity index (χ2n) is 5.04. The third kappa shape index (κ3) is 2.49. The number of nitrogens with zero attached hydrogens (tertiary/aromatic N) is 1. The van der Waals surface area contributed by atoms with Gasteiger partial charge in [-0.15, -0.1) is 0 Å². The first-order chi connectivity index (χ1) is 6.81. The van der Waals surface area contributed by atoms with Crippen molar-refractivity contribution < 1.29 is 14.3 Å². The van der Waals surface area contributed by atoms with Crippen molar-refractivity contribution in [3.05, 3.63) is 0 Å². The van der Waals surface area contributed by atoms with Gasteiger partial charge in [-0.2, -0.15) is 0 Å². The van der Waals surface area contributed by atoms with Crippen LogP contribution in [0.4, 0.5) is 0 Å². The molecule has 1 heterocycles. The Labute approximate surface area is 91.5 Å². The van der Waals surface area contributed by atoms with Gasteiger partial charge in [0.1, 0.15) is 5.60 Å². The smallest absolute Gasteiger partial charge is 0.254 e. The van der Waals surface area contributed by atoms with Crippen molar-refractivity contribution in [2.24, 2.45) is 0 Å². The van der Waals surface area contributed by atoms with Crippen molar-refractivity contribution in [2.75, 3.05) is 26.9 Å². The second-order valence-corrected chi connectivity index (χ2v) is 5.04. The van der Waals surface area contributed by atoms with Crippen LogP contribution in [-0.4, -0.2) is 48.8 Å². The van der Waals surface area contributed by atoms with Crippen molar-refractivity contribution in [3.63, 3.8) is 0 Å². The highest BCUT2D eigenvalue weighted by Crippen LogP contribution is 2.23. The molecular weight excluding hydrogens is 194 g/mol. The van der Waals surface area contributed by atoms with Crippen LogP contribution in [0.3, 0.4) is 0 Å². The normalized spacial score (nSPS) is 21.5. The first kappa shape index (κ1) is 12.5. The SMILES string of the molecule is COC(C)(C)C(=O)N1CCOCC1(C)C. The van der Waals surface area contributed by atoms with E-state index in [9.17, 15) is 4.79 Å². The average molecular weight is 215 g/mol. The summed E-state index contributed by atoms with van der Waals surface area (Å²) in [6, 6.07) is 0. The number of amides is 1. The average Bonchev–Trinajstić information content (AvgIpc) is 2.16. The molecule has 1 fully saturated rings. The van der Waals surface area contributed by atoms with Gasteiger partial charge in [0, 0.05) is 13.7 Å². The van der Waals surface area contributed by atoms with Gasteiger partial charge in [0.05, 0.1) is 18.8 Å². The summed E-state index contributed by atoms with van der Waals surface area (Å²) in [6.07, 6.45) is 0. The third-order valence-electron chi connectivity index (χ3n) is 2.92. The number of rotatable bonds is 2. The lowest BCUT2D eigenvalue weighted by atomic mass is 9.98. The molecule has 0 saturated carbocycles. The fourth-order valence-corrected chi connectivity index (χ4v) is 1.65. The van der Waals surface area contributed by atoms with Gasteiger partial charge >= 0.3 is 0 Å². The molecule has 15 heavy (non-hydrogen) atoms. The number of hydrogen-bond donors (Lipinski definition) is 0. The molecule has 0 aromatic rings. The van der Waals surface area contributed by atoms with Crippen LogP contribution < -0.4 is 0 Å². The van der Waals surface area contributed by atoms with E-state index in [-0.39, 0.29) is 11.4 Å². The minimum absolute atomic E-state index is 0.0262. The van der Waals surface area contributed by atoms with Crippen LogP contribution in [0.15, 0.2) is 0 Å². The summed E-state index contributed by atoms with van der Waals surface area (Å²) >= 11 is 0. The minimum Gasteiger partial charge on any atom is -0.377 e. The van der Waals surface area contributed by atoms with Crippen molar-refractivity contribution in [1.29, 1.82) is 0 Å². The summed E-state index contributed by atoms with van der Waals surface area (Å²) in [5.41, 5.74) is -1.00. The van der Waals surface area contributed by atoms with Crippen molar-refractivity contribution in [1.82, 2.24) is 4.90 Å². The zero-order chi connectivity index (χ0) is 11.7.